The minimum absolute atomic E-state index is 0.636. The molecule has 0 N–H and O–H groups in total. The second kappa shape index (κ2) is 11.9. The molecule has 0 radical (unpaired) electrons. The molecule has 0 aliphatic rings. The number of aromatic nitrogens is 3. The quantitative estimate of drug-likeness (QED) is 0.174. The highest BCUT2D eigenvalue weighted by atomic mass is 16.3. The van der Waals surface area contributed by atoms with E-state index in [4.69, 9.17) is 19.4 Å². The van der Waals surface area contributed by atoms with Crippen LogP contribution in [0.25, 0.3) is 99.9 Å². The number of rotatable bonds is 5. The van der Waals surface area contributed by atoms with Crippen molar-refractivity contribution in [1.29, 1.82) is 0 Å². The van der Waals surface area contributed by atoms with Crippen LogP contribution in [-0.4, -0.2) is 15.0 Å². The molecule has 4 heteroatoms. The van der Waals surface area contributed by atoms with Crippen LogP contribution in [0.3, 0.4) is 0 Å². The monoisotopic (exact) mass is 651 g/mol. The molecule has 10 rings (SSSR count). The van der Waals surface area contributed by atoms with Crippen molar-refractivity contribution in [2.45, 2.75) is 0 Å². The molecule has 4 nitrogen and oxygen atoms in total. The smallest absolute Gasteiger partial charge is 0.164 e. The Morgan fingerprint density at radius 1 is 0.294 bits per heavy atom. The summed E-state index contributed by atoms with van der Waals surface area (Å²) in [6.45, 7) is 0. The summed E-state index contributed by atoms with van der Waals surface area (Å²) in [5, 5.41) is 7.15. The normalized spacial score (nSPS) is 11.5. The van der Waals surface area contributed by atoms with Crippen LogP contribution in [0.2, 0.25) is 0 Å². The van der Waals surface area contributed by atoms with Gasteiger partial charge in [0.1, 0.15) is 11.2 Å². The first-order valence-corrected chi connectivity index (χ1v) is 17.1. The predicted molar refractivity (Wildman–Crippen MR) is 209 cm³/mol. The highest BCUT2D eigenvalue weighted by Crippen LogP contribution is 2.39. The second-order valence-electron chi connectivity index (χ2n) is 12.8. The summed E-state index contributed by atoms with van der Waals surface area (Å²) in [6.07, 6.45) is 0. The summed E-state index contributed by atoms with van der Waals surface area (Å²) < 4.78 is 6.22. The minimum atomic E-state index is 0.636. The van der Waals surface area contributed by atoms with E-state index in [0.717, 1.165) is 55.5 Å². The highest BCUT2D eigenvalue weighted by molar-refractivity contribution is 6.26. The van der Waals surface area contributed by atoms with E-state index in [-0.39, 0.29) is 0 Å². The number of para-hydroxylation sites is 1. The van der Waals surface area contributed by atoms with Gasteiger partial charge in [0.25, 0.3) is 0 Å². The zero-order chi connectivity index (χ0) is 33.7. The van der Waals surface area contributed by atoms with Crippen molar-refractivity contribution in [3.05, 3.63) is 176 Å². The first-order chi connectivity index (χ1) is 25.2. The number of hydrogen-bond acceptors (Lipinski definition) is 4. The molecule has 2 aromatic heterocycles. The van der Waals surface area contributed by atoms with Crippen molar-refractivity contribution in [3.8, 4) is 56.4 Å². The molecule has 10 aromatic rings. The number of fused-ring (bicyclic) bond motifs is 7. The third kappa shape index (κ3) is 5.13. The van der Waals surface area contributed by atoms with Gasteiger partial charge in [0.2, 0.25) is 0 Å². The van der Waals surface area contributed by atoms with Crippen LogP contribution in [0.15, 0.2) is 180 Å². The predicted octanol–water partition coefficient (Wildman–Crippen LogP) is 12.4. The lowest BCUT2D eigenvalue weighted by Gasteiger charge is -2.11. The van der Waals surface area contributed by atoms with E-state index >= 15 is 0 Å². The van der Waals surface area contributed by atoms with Crippen molar-refractivity contribution in [2.75, 3.05) is 0 Å². The van der Waals surface area contributed by atoms with Crippen molar-refractivity contribution in [1.82, 2.24) is 15.0 Å². The van der Waals surface area contributed by atoms with E-state index < -0.39 is 0 Å². The average Bonchev–Trinajstić information content (AvgIpc) is 3.60. The Labute approximate surface area is 294 Å². The van der Waals surface area contributed by atoms with Crippen LogP contribution >= 0.6 is 0 Å². The van der Waals surface area contributed by atoms with E-state index in [0.29, 0.717) is 17.5 Å². The fourth-order valence-electron chi connectivity index (χ4n) is 7.18. The maximum Gasteiger partial charge on any atom is 0.164 e. The fraction of sp³-hybridized carbons (Fsp3) is 0. The summed E-state index contributed by atoms with van der Waals surface area (Å²) in [5.41, 5.74) is 9.19. The topological polar surface area (TPSA) is 51.8 Å². The Morgan fingerprint density at radius 3 is 1.61 bits per heavy atom. The van der Waals surface area contributed by atoms with Gasteiger partial charge >= 0.3 is 0 Å². The lowest BCUT2D eigenvalue weighted by atomic mass is 9.94. The minimum Gasteiger partial charge on any atom is -0.456 e. The molecule has 0 spiro atoms. The van der Waals surface area contributed by atoms with Gasteiger partial charge in [-0.1, -0.05) is 152 Å². The summed E-state index contributed by atoms with van der Waals surface area (Å²) in [5.74, 6) is 1.92. The van der Waals surface area contributed by atoms with Gasteiger partial charge in [-0.05, 0) is 62.7 Å². The SMILES string of the molecule is c1ccc(-c2cccc(-c3nc(-c4ccccc4)nc(-c4ccc(-c5ccc6c(ccc7ccc8oc9ccccc9c8c76)c5)cc4)n3)c2)cc1. The third-order valence-corrected chi connectivity index (χ3v) is 9.71. The Bertz CT molecular complexity index is 2900. The molecule has 0 unspecified atom stereocenters. The lowest BCUT2D eigenvalue weighted by Crippen LogP contribution is -2.00. The van der Waals surface area contributed by atoms with Gasteiger partial charge in [-0.3, -0.25) is 0 Å². The molecular weight excluding hydrogens is 623 g/mol. The van der Waals surface area contributed by atoms with E-state index in [1.165, 1.54) is 26.9 Å². The molecule has 0 atom stereocenters. The highest BCUT2D eigenvalue weighted by Gasteiger charge is 2.15. The summed E-state index contributed by atoms with van der Waals surface area (Å²) >= 11 is 0. The largest absolute Gasteiger partial charge is 0.456 e. The first kappa shape index (κ1) is 29.0. The Hall–Kier alpha value is -6.91. The molecule has 0 saturated carbocycles. The summed E-state index contributed by atoms with van der Waals surface area (Å²) in [7, 11) is 0. The van der Waals surface area contributed by atoms with Crippen molar-refractivity contribution >= 4 is 43.5 Å². The van der Waals surface area contributed by atoms with Crippen molar-refractivity contribution in [3.63, 3.8) is 0 Å². The van der Waals surface area contributed by atoms with Gasteiger partial charge in [-0.2, -0.15) is 0 Å². The lowest BCUT2D eigenvalue weighted by molar-refractivity contribution is 0.669. The Balaban J connectivity index is 1.05. The zero-order valence-electron chi connectivity index (χ0n) is 27.5. The molecule has 8 aromatic carbocycles. The van der Waals surface area contributed by atoms with Crippen LogP contribution in [0.1, 0.15) is 0 Å². The number of nitrogens with zero attached hydrogens (tertiary/aromatic N) is 3. The molecule has 2 heterocycles. The average molecular weight is 652 g/mol. The maximum atomic E-state index is 6.22. The van der Waals surface area contributed by atoms with Crippen molar-refractivity contribution in [2.24, 2.45) is 0 Å². The molecule has 238 valence electrons. The van der Waals surface area contributed by atoms with Gasteiger partial charge in [0, 0.05) is 32.8 Å². The van der Waals surface area contributed by atoms with E-state index in [9.17, 15) is 0 Å². The van der Waals surface area contributed by atoms with E-state index in [1.807, 2.05) is 48.5 Å². The second-order valence-corrected chi connectivity index (χ2v) is 12.8. The van der Waals surface area contributed by atoms with Crippen LogP contribution in [0, 0.1) is 0 Å². The van der Waals surface area contributed by atoms with Crippen LogP contribution in [0.5, 0.6) is 0 Å². The molecule has 0 aliphatic heterocycles. The zero-order valence-corrected chi connectivity index (χ0v) is 27.5. The fourth-order valence-corrected chi connectivity index (χ4v) is 7.18. The maximum absolute atomic E-state index is 6.22. The number of benzene rings is 8. The van der Waals surface area contributed by atoms with Gasteiger partial charge in [0.15, 0.2) is 17.5 Å². The van der Waals surface area contributed by atoms with E-state index in [2.05, 4.69) is 127 Å². The van der Waals surface area contributed by atoms with Crippen LogP contribution in [-0.2, 0) is 0 Å². The molecule has 0 bridgehead atoms. The Morgan fingerprint density at radius 2 is 0.824 bits per heavy atom. The van der Waals surface area contributed by atoms with Crippen LogP contribution < -0.4 is 0 Å². The molecule has 0 saturated heterocycles. The number of hydrogen-bond donors (Lipinski definition) is 0. The summed E-state index contributed by atoms with van der Waals surface area (Å²) in [4.78, 5) is 14.9. The standard InChI is InChI=1S/C47H29N3O/c1-3-10-30(11-4-1)35-14-9-15-38(29-35)47-49-45(33-12-5-2-6-13-33)48-46(50-47)34-21-18-31(19-22-34)36-24-26-39-37(28-36)23-20-32-25-27-42-44(43(32)39)40-16-7-8-17-41(40)51-42/h1-29H. The molecule has 0 aliphatic carbocycles. The summed E-state index contributed by atoms with van der Waals surface area (Å²) in [6, 6.07) is 61.1. The van der Waals surface area contributed by atoms with Crippen molar-refractivity contribution < 1.29 is 4.42 Å². The number of furan rings is 1. The molecule has 51 heavy (non-hydrogen) atoms. The van der Waals surface area contributed by atoms with Gasteiger partial charge in [0.05, 0.1) is 0 Å². The third-order valence-electron chi connectivity index (χ3n) is 9.71. The molecular formula is C47H29N3O. The van der Waals surface area contributed by atoms with Gasteiger partial charge in [-0.15, -0.1) is 0 Å². The van der Waals surface area contributed by atoms with E-state index in [1.54, 1.807) is 0 Å². The Kier molecular flexibility index (Phi) is 6.78. The van der Waals surface area contributed by atoms with Gasteiger partial charge < -0.3 is 4.42 Å². The first-order valence-electron chi connectivity index (χ1n) is 17.1. The molecule has 0 fully saturated rings. The van der Waals surface area contributed by atoms with Crippen LogP contribution in [0.4, 0.5) is 0 Å². The van der Waals surface area contributed by atoms with Gasteiger partial charge in [-0.25, -0.2) is 15.0 Å². The molecule has 0 amide bonds.